The van der Waals surface area contributed by atoms with E-state index in [0.717, 1.165) is 18.2 Å². The number of alkyl halides is 2. The molecule has 1 fully saturated rings. The summed E-state index contributed by atoms with van der Waals surface area (Å²) in [6.07, 6.45) is 2.38. The third-order valence-corrected chi connectivity index (χ3v) is 8.17. The van der Waals surface area contributed by atoms with E-state index in [4.69, 9.17) is 9.05 Å². The van der Waals surface area contributed by atoms with E-state index in [1.807, 2.05) is 27.7 Å². The summed E-state index contributed by atoms with van der Waals surface area (Å²) < 4.78 is 23.9. The van der Waals surface area contributed by atoms with Gasteiger partial charge in [-0.15, -0.1) is 0 Å². The maximum absolute atomic E-state index is 12.6. The van der Waals surface area contributed by atoms with Gasteiger partial charge in [0, 0.05) is 9.65 Å². The minimum absolute atomic E-state index is 0.0707. The molecular formula is C12H23Br2O3P. The fourth-order valence-electron chi connectivity index (χ4n) is 1.96. The Morgan fingerprint density at radius 3 is 2.11 bits per heavy atom. The zero-order valence-corrected chi connectivity index (χ0v) is 15.6. The molecule has 0 radical (unpaired) electrons. The first-order valence-electron chi connectivity index (χ1n) is 6.41. The third kappa shape index (κ3) is 5.24. The van der Waals surface area contributed by atoms with Crippen LogP contribution in [0.2, 0.25) is 0 Å². The molecule has 2 unspecified atom stereocenters. The van der Waals surface area contributed by atoms with Gasteiger partial charge in [-0.2, -0.15) is 0 Å². The zero-order chi connectivity index (χ0) is 14.0. The summed E-state index contributed by atoms with van der Waals surface area (Å²) in [5, 5.41) is 0.936. The van der Waals surface area contributed by atoms with Gasteiger partial charge in [-0.25, -0.2) is 0 Å². The van der Waals surface area contributed by atoms with Crippen LogP contribution in [0.4, 0.5) is 0 Å². The Labute approximate surface area is 127 Å². The standard InChI is InChI=1S/C12H23Br2O3P/c1-9(2)16-18(15,17-10(3)4)6-5-11-7-12(11,14)8-13/h9-11H,5-8H2,1-4H3. The van der Waals surface area contributed by atoms with Crippen LogP contribution in [0.25, 0.3) is 0 Å². The first-order valence-corrected chi connectivity index (χ1v) is 10.1. The van der Waals surface area contributed by atoms with E-state index in [1.54, 1.807) is 0 Å². The molecule has 3 nitrogen and oxygen atoms in total. The summed E-state index contributed by atoms with van der Waals surface area (Å²) in [5.74, 6) is 0.566. The molecule has 0 aromatic heterocycles. The highest BCUT2D eigenvalue weighted by atomic mass is 79.9. The van der Waals surface area contributed by atoms with E-state index in [1.165, 1.54) is 0 Å². The van der Waals surface area contributed by atoms with Crippen LogP contribution in [0.15, 0.2) is 0 Å². The van der Waals surface area contributed by atoms with Crippen molar-refractivity contribution >= 4 is 39.5 Å². The molecule has 0 aliphatic heterocycles. The molecule has 1 aliphatic carbocycles. The van der Waals surface area contributed by atoms with Crippen molar-refractivity contribution in [3.8, 4) is 0 Å². The van der Waals surface area contributed by atoms with Crippen LogP contribution in [0.3, 0.4) is 0 Å². The van der Waals surface area contributed by atoms with Crippen LogP contribution < -0.4 is 0 Å². The number of halogens is 2. The molecule has 0 N–H and O–H groups in total. The normalized spacial score (nSPS) is 28.1. The highest BCUT2D eigenvalue weighted by Crippen LogP contribution is 2.58. The summed E-state index contributed by atoms with van der Waals surface area (Å²) in [7, 11) is -2.95. The third-order valence-electron chi connectivity index (χ3n) is 2.87. The minimum Gasteiger partial charge on any atom is -0.306 e. The predicted molar refractivity (Wildman–Crippen MR) is 83.1 cm³/mol. The number of hydrogen-bond donors (Lipinski definition) is 0. The fourth-order valence-corrected chi connectivity index (χ4v) is 5.44. The topological polar surface area (TPSA) is 35.5 Å². The quantitative estimate of drug-likeness (QED) is 0.422. The van der Waals surface area contributed by atoms with E-state index in [2.05, 4.69) is 31.9 Å². The van der Waals surface area contributed by atoms with Crippen LogP contribution in [0, 0.1) is 5.92 Å². The van der Waals surface area contributed by atoms with Gasteiger partial charge in [0.15, 0.2) is 0 Å². The van der Waals surface area contributed by atoms with Crippen LogP contribution in [0.1, 0.15) is 40.5 Å². The van der Waals surface area contributed by atoms with E-state index in [9.17, 15) is 4.57 Å². The lowest BCUT2D eigenvalue weighted by molar-refractivity contribution is 0.142. The van der Waals surface area contributed by atoms with Gasteiger partial charge in [0.05, 0.1) is 18.4 Å². The van der Waals surface area contributed by atoms with Crippen LogP contribution in [0.5, 0.6) is 0 Å². The molecule has 0 aromatic carbocycles. The lowest BCUT2D eigenvalue weighted by Crippen LogP contribution is -2.12. The summed E-state index contributed by atoms with van der Waals surface area (Å²) in [5.41, 5.74) is 0. The number of rotatable bonds is 8. The number of hydrogen-bond acceptors (Lipinski definition) is 3. The van der Waals surface area contributed by atoms with Crippen molar-refractivity contribution in [2.24, 2.45) is 5.92 Å². The Hall–Kier alpha value is 1.11. The summed E-state index contributed by atoms with van der Waals surface area (Å²) >= 11 is 7.20. The Balaban J connectivity index is 2.50. The lowest BCUT2D eigenvalue weighted by atomic mass is 10.3. The SMILES string of the molecule is CC(C)OP(=O)(CCC1CC1(Br)CBr)OC(C)C. The second-order valence-corrected chi connectivity index (χ2v) is 9.73. The van der Waals surface area contributed by atoms with E-state index in [0.29, 0.717) is 12.1 Å². The van der Waals surface area contributed by atoms with Crippen LogP contribution in [-0.4, -0.2) is 28.0 Å². The summed E-state index contributed by atoms with van der Waals surface area (Å²) in [4.78, 5) is 0. The second kappa shape index (κ2) is 6.71. The van der Waals surface area contributed by atoms with Gasteiger partial charge >= 0.3 is 7.60 Å². The van der Waals surface area contributed by atoms with Gasteiger partial charge in [0.2, 0.25) is 0 Å². The molecule has 2 atom stereocenters. The van der Waals surface area contributed by atoms with Gasteiger partial charge in [0.25, 0.3) is 0 Å². The molecule has 0 spiro atoms. The van der Waals surface area contributed by atoms with Gasteiger partial charge in [-0.1, -0.05) is 31.9 Å². The Morgan fingerprint density at radius 1 is 1.28 bits per heavy atom. The molecule has 1 aliphatic rings. The van der Waals surface area contributed by atoms with Gasteiger partial charge in [-0.3, -0.25) is 4.57 Å². The Morgan fingerprint density at radius 2 is 1.78 bits per heavy atom. The molecule has 0 saturated heterocycles. The van der Waals surface area contributed by atoms with Crippen molar-refractivity contribution in [1.29, 1.82) is 0 Å². The first kappa shape index (κ1) is 17.2. The first-order chi connectivity index (χ1) is 8.21. The van der Waals surface area contributed by atoms with E-state index in [-0.39, 0.29) is 16.5 Å². The molecule has 1 rings (SSSR count). The summed E-state index contributed by atoms with van der Waals surface area (Å²) in [6, 6.07) is 0. The van der Waals surface area contributed by atoms with Crippen molar-refractivity contribution in [2.45, 2.75) is 57.1 Å². The molecule has 1 saturated carbocycles. The lowest BCUT2D eigenvalue weighted by Gasteiger charge is -2.23. The van der Waals surface area contributed by atoms with Gasteiger partial charge in [-0.05, 0) is 46.5 Å². The second-order valence-electron chi connectivity index (χ2n) is 5.50. The maximum atomic E-state index is 12.6. The zero-order valence-electron chi connectivity index (χ0n) is 11.5. The molecule has 6 heteroatoms. The average Bonchev–Trinajstić information content (AvgIpc) is 2.85. The molecule has 0 amide bonds. The van der Waals surface area contributed by atoms with Crippen LogP contribution in [-0.2, 0) is 13.6 Å². The molecule has 0 aromatic rings. The van der Waals surface area contributed by atoms with Crippen molar-refractivity contribution in [3.05, 3.63) is 0 Å². The molecular weight excluding hydrogens is 383 g/mol. The largest absolute Gasteiger partial charge is 0.331 e. The Kier molecular flexibility index (Phi) is 6.40. The van der Waals surface area contributed by atoms with Crippen molar-refractivity contribution in [2.75, 3.05) is 11.5 Å². The van der Waals surface area contributed by atoms with Crippen LogP contribution >= 0.6 is 39.5 Å². The predicted octanol–water partition coefficient (Wildman–Crippen LogP) is 4.97. The highest BCUT2D eigenvalue weighted by Gasteiger charge is 2.51. The molecule has 0 heterocycles. The maximum Gasteiger partial charge on any atom is 0.331 e. The fraction of sp³-hybridized carbons (Fsp3) is 1.00. The monoisotopic (exact) mass is 404 g/mol. The van der Waals surface area contributed by atoms with Crippen molar-refractivity contribution in [3.63, 3.8) is 0 Å². The van der Waals surface area contributed by atoms with Gasteiger partial charge < -0.3 is 9.05 Å². The average molecular weight is 406 g/mol. The summed E-state index contributed by atoms with van der Waals surface area (Å²) in [6.45, 7) is 7.56. The van der Waals surface area contributed by atoms with Crippen molar-refractivity contribution < 1.29 is 13.6 Å². The Bertz CT molecular complexity index is 308. The molecule has 18 heavy (non-hydrogen) atoms. The van der Waals surface area contributed by atoms with Gasteiger partial charge in [0.1, 0.15) is 0 Å². The van der Waals surface area contributed by atoms with E-state index >= 15 is 0 Å². The van der Waals surface area contributed by atoms with E-state index < -0.39 is 7.60 Å². The minimum atomic E-state index is -2.95. The molecule has 0 bridgehead atoms. The highest BCUT2D eigenvalue weighted by molar-refractivity contribution is 9.12. The molecule has 108 valence electrons. The smallest absolute Gasteiger partial charge is 0.306 e. The van der Waals surface area contributed by atoms with Crippen molar-refractivity contribution in [1.82, 2.24) is 0 Å².